The summed E-state index contributed by atoms with van der Waals surface area (Å²) in [5.74, 6) is 1.48. The average Bonchev–Trinajstić information content (AvgIpc) is 2.46. The number of carbonyl (C=O) groups excluding carboxylic acids is 1. The minimum atomic E-state index is -0.391. The molecule has 2 N–H and O–H groups in total. The minimum Gasteiger partial charge on any atom is -0.497 e. The Morgan fingerprint density at radius 3 is 2.37 bits per heavy atom. The van der Waals surface area contributed by atoms with E-state index >= 15 is 0 Å². The first-order chi connectivity index (χ1) is 9.11. The van der Waals surface area contributed by atoms with Crippen LogP contribution in [0.1, 0.15) is 31.2 Å². The molecule has 19 heavy (non-hydrogen) atoms. The first-order valence-electron chi connectivity index (χ1n) is 6.80. The van der Waals surface area contributed by atoms with E-state index in [0.29, 0.717) is 5.92 Å². The molecule has 1 fully saturated rings. The summed E-state index contributed by atoms with van der Waals surface area (Å²) in [5, 5.41) is 0. The molecule has 1 saturated heterocycles. The number of nitrogens with zero attached hydrogens (tertiary/aromatic N) is 1. The molecule has 1 atom stereocenters. The van der Waals surface area contributed by atoms with E-state index in [9.17, 15) is 4.79 Å². The van der Waals surface area contributed by atoms with Gasteiger partial charge in [-0.2, -0.15) is 0 Å². The number of benzene rings is 1. The van der Waals surface area contributed by atoms with E-state index in [2.05, 4.69) is 12.1 Å². The summed E-state index contributed by atoms with van der Waals surface area (Å²) in [6, 6.07) is 7.83. The van der Waals surface area contributed by atoms with Gasteiger partial charge in [0, 0.05) is 13.1 Å². The van der Waals surface area contributed by atoms with Gasteiger partial charge in [-0.25, -0.2) is 0 Å². The van der Waals surface area contributed by atoms with Crippen molar-refractivity contribution >= 4 is 5.91 Å². The van der Waals surface area contributed by atoms with Crippen LogP contribution in [0.4, 0.5) is 0 Å². The molecule has 0 radical (unpaired) electrons. The number of piperidine rings is 1. The molecule has 1 aromatic rings. The number of hydrogen-bond acceptors (Lipinski definition) is 3. The Balaban J connectivity index is 1.94. The van der Waals surface area contributed by atoms with Crippen LogP contribution in [0.25, 0.3) is 0 Å². The highest BCUT2D eigenvalue weighted by atomic mass is 16.5. The van der Waals surface area contributed by atoms with Crippen molar-refractivity contribution in [3.05, 3.63) is 29.8 Å². The molecule has 0 spiro atoms. The lowest BCUT2D eigenvalue weighted by Gasteiger charge is -2.33. The van der Waals surface area contributed by atoms with Crippen LogP contribution >= 0.6 is 0 Å². The standard InChI is InChI=1S/C15H22N2O2/c1-11(16)15(18)17-9-7-13(8-10-17)12-3-5-14(19-2)6-4-12/h3-6,11,13H,7-10,16H2,1-2H3. The molecule has 0 aliphatic carbocycles. The zero-order valence-electron chi connectivity index (χ0n) is 11.6. The van der Waals surface area contributed by atoms with Crippen LogP contribution in [0.3, 0.4) is 0 Å². The van der Waals surface area contributed by atoms with Crippen molar-refractivity contribution in [3.63, 3.8) is 0 Å². The molecule has 4 heteroatoms. The van der Waals surface area contributed by atoms with Gasteiger partial charge in [-0.1, -0.05) is 12.1 Å². The number of hydrogen-bond donors (Lipinski definition) is 1. The molecular weight excluding hydrogens is 240 g/mol. The van der Waals surface area contributed by atoms with E-state index in [4.69, 9.17) is 10.5 Å². The van der Waals surface area contributed by atoms with Crippen LogP contribution in [0.2, 0.25) is 0 Å². The summed E-state index contributed by atoms with van der Waals surface area (Å²) in [7, 11) is 1.67. The van der Waals surface area contributed by atoms with Crippen LogP contribution in [0.5, 0.6) is 5.75 Å². The topological polar surface area (TPSA) is 55.6 Å². The van der Waals surface area contributed by atoms with Crippen LogP contribution in [0.15, 0.2) is 24.3 Å². The van der Waals surface area contributed by atoms with E-state index in [1.54, 1.807) is 14.0 Å². The first kappa shape index (κ1) is 13.9. The predicted molar refractivity (Wildman–Crippen MR) is 75.2 cm³/mol. The maximum absolute atomic E-state index is 11.8. The highest BCUT2D eigenvalue weighted by molar-refractivity contribution is 5.81. The number of methoxy groups -OCH3 is 1. The lowest BCUT2D eigenvalue weighted by molar-refractivity contribution is -0.133. The molecule has 1 heterocycles. The van der Waals surface area contributed by atoms with Crippen molar-refractivity contribution in [1.29, 1.82) is 0 Å². The fourth-order valence-corrected chi connectivity index (χ4v) is 2.60. The van der Waals surface area contributed by atoms with Crippen molar-refractivity contribution in [2.75, 3.05) is 20.2 Å². The van der Waals surface area contributed by atoms with Gasteiger partial charge in [0.2, 0.25) is 5.91 Å². The maximum atomic E-state index is 11.8. The Labute approximate surface area is 114 Å². The van der Waals surface area contributed by atoms with Crippen molar-refractivity contribution in [3.8, 4) is 5.75 Å². The van der Waals surface area contributed by atoms with Gasteiger partial charge < -0.3 is 15.4 Å². The number of carbonyl (C=O) groups is 1. The van der Waals surface area contributed by atoms with E-state index in [-0.39, 0.29) is 5.91 Å². The molecule has 2 rings (SSSR count). The van der Waals surface area contributed by atoms with Gasteiger partial charge in [-0.15, -0.1) is 0 Å². The molecule has 0 bridgehead atoms. The smallest absolute Gasteiger partial charge is 0.239 e. The Hall–Kier alpha value is -1.55. The van der Waals surface area contributed by atoms with Gasteiger partial charge in [0.15, 0.2) is 0 Å². The molecule has 1 aliphatic rings. The summed E-state index contributed by atoms with van der Waals surface area (Å²) < 4.78 is 5.16. The molecule has 1 aromatic carbocycles. The van der Waals surface area contributed by atoms with Gasteiger partial charge in [0.1, 0.15) is 5.75 Å². The summed E-state index contributed by atoms with van der Waals surface area (Å²) in [5.41, 5.74) is 6.97. The SMILES string of the molecule is COc1ccc(C2CCN(C(=O)C(C)N)CC2)cc1. The number of likely N-dealkylation sites (tertiary alicyclic amines) is 1. The number of rotatable bonds is 3. The van der Waals surface area contributed by atoms with Gasteiger partial charge in [-0.05, 0) is 43.4 Å². The number of ether oxygens (including phenoxy) is 1. The van der Waals surface area contributed by atoms with Gasteiger partial charge in [0.25, 0.3) is 0 Å². The molecule has 0 saturated carbocycles. The van der Waals surface area contributed by atoms with Crippen molar-refractivity contribution in [2.24, 2.45) is 5.73 Å². The summed E-state index contributed by atoms with van der Waals surface area (Å²) >= 11 is 0. The van der Waals surface area contributed by atoms with Gasteiger partial charge in [0.05, 0.1) is 13.2 Å². The van der Waals surface area contributed by atoms with Crippen molar-refractivity contribution < 1.29 is 9.53 Å². The summed E-state index contributed by atoms with van der Waals surface area (Å²) in [4.78, 5) is 13.7. The van der Waals surface area contributed by atoms with Crippen LogP contribution in [-0.2, 0) is 4.79 Å². The van der Waals surface area contributed by atoms with E-state index < -0.39 is 6.04 Å². The Bertz CT molecular complexity index is 420. The largest absolute Gasteiger partial charge is 0.497 e. The maximum Gasteiger partial charge on any atom is 0.239 e. The zero-order chi connectivity index (χ0) is 13.8. The third-order valence-corrected chi connectivity index (χ3v) is 3.78. The number of amides is 1. The highest BCUT2D eigenvalue weighted by Gasteiger charge is 2.25. The molecule has 0 aromatic heterocycles. The lowest BCUT2D eigenvalue weighted by Crippen LogP contribution is -2.45. The van der Waals surface area contributed by atoms with Crippen LogP contribution in [-0.4, -0.2) is 37.0 Å². The average molecular weight is 262 g/mol. The summed E-state index contributed by atoms with van der Waals surface area (Å²) in [6.07, 6.45) is 2.01. The fraction of sp³-hybridized carbons (Fsp3) is 0.533. The van der Waals surface area contributed by atoms with E-state index in [0.717, 1.165) is 31.7 Å². The number of nitrogens with two attached hydrogens (primary N) is 1. The third kappa shape index (κ3) is 3.26. The molecule has 104 valence electrons. The first-order valence-corrected chi connectivity index (χ1v) is 6.80. The summed E-state index contributed by atoms with van der Waals surface area (Å²) in [6.45, 7) is 3.35. The molecule has 4 nitrogen and oxygen atoms in total. The second-order valence-electron chi connectivity index (χ2n) is 5.16. The van der Waals surface area contributed by atoms with Crippen LogP contribution in [0, 0.1) is 0 Å². The zero-order valence-corrected chi connectivity index (χ0v) is 11.6. The van der Waals surface area contributed by atoms with Gasteiger partial charge >= 0.3 is 0 Å². The predicted octanol–water partition coefficient (Wildman–Crippen LogP) is 1.75. The second kappa shape index (κ2) is 6.06. The third-order valence-electron chi connectivity index (χ3n) is 3.78. The highest BCUT2D eigenvalue weighted by Crippen LogP contribution is 2.29. The Morgan fingerprint density at radius 1 is 1.32 bits per heavy atom. The van der Waals surface area contributed by atoms with E-state index in [1.165, 1.54) is 5.56 Å². The molecular formula is C15H22N2O2. The quantitative estimate of drug-likeness (QED) is 0.903. The van der Waals surface area contributed by atoms with Crippen molar-refractivity contribution in [2.45, 2.75) is 31.7 Å². The van der Waals surface area contributed by atoms with Gasteiger partial charge in [-0.3, -0.25) is 4.79 Å². The monoisotopic (exact) mass is 262 g/mol. The van der Waals surface area contributed by atoms with Crippen molar-refractivity contribution in [1.82, 2.24) is 4.90 Å². The normalized spacial score (nSPS) is 18.2. The molecule has 1 unspecified atom stereocenters. The molecule has 1 amide bonds. The lowest BCUT2D eigenvalue weighted by atomic mass is 9.89. The Morgan fingerprint density at radius 2 is 1.89 bits per heavy atom. The van der Waals surface area contributed by atoms with E-state index in [1.807, 2.05) is 17.0 Å². The minimum absolute atomic E-state index is 0.0631. The Kier molecular flexibility index (Phi) is 4.43. The molecule has 1 aliphatic heterocycles. The fourth-order valence-electron chi connectivity index (χ4n) is 2.60. The second-order valence-corrected chi connectivity index (χ2v) is 5.16. The van der Waals surface area contributed by atoms with Crippen LogP contribution < -0.4 is 10.5 Å².